The van der Waals surface area contributed by atoms with Crippen LogP contribution in [0.5, 0.6) is 0 Å². The van der Waals surface area contributed by atoms with E-state index in [2.05, 4.69) is 27.2 Å². The van der Waals surface area contributed by atoms with Gasteiger partial charge in [0.25, 0.3) is 5.91 Å². The molecule has 2 amide bonds. The molecule has 0 aliphatic rings. The number of carbonyl (C=O) groups excluding carboxylic acids is 3. The molecule has 0 saturated heterocycles. The molecule has 0 unspecified atom stereocenters. The lowest BCUT2D eigenvalue weighted by Gasteiger charge is -2.18. The molecule has 5 N–H and O–H groups in total. The highest BCUT2D eigenvalue weighted by atomic mass is 16.2. The summed E-state index contributed by atoms with van der Waals surface area (Å²) in [5.74, 6) is -1.13. The van der Waals surface area contributed by atoms with E-state index in [1.165, 1.54) is 19.4 Å². The Hall–Kier alpha value is -2.64. The highest BCUT2D eigenvalue weighted by molar-refractivity contribution is 5.96. The molecule has 1 rings (SSSR count). The lowest BCUT2D eigenvalue weighted by atomic mass is 10.1. The lowest BCUT2D eigenvalue weighted by Crippen LogP contribution is -2.51. The number of nitrogens with zero attached hydrogens (tertiary/aromatic N) is 1. The number of imidazole rings is 1. The first-order valence-corrected chi connectivity index (χ1v) is 5.92. The fourth-order valence-corrected chi connectivity index (χ4v) is 1.44. The molecule has 0 radical (unpaired) electrons. The summed E-state index contributed by atoms with van der Waals surface area (Å²) < 4.78 is 0. The molecule has 1 aromatic rings. The highest BCUT2D eigenvalue weighted by Gasteiger charge is 2.23. The van der Waals surface area contributed by atoms with Crippen molar-refractivity contribution in [1.29, 1.82) is 0 Å². The smallest absolute Gasteiger partial charge is 0.267 e. The third kappa shape index (κ3) is 4.56. The van der Waals surface area contributed by atoms with E-state index in [0.717, 1.165) is 0 Å². The van der Waals surface area contributed by atoms with Crippen LogP contribution in [0.25, 0.3) is 0 Å². The molecule has 108 valence electrons. The van der Waals surface area contributed by atoms with Crippen molar-refractivity contribution in [3.8, 4) is 0 Å². The van der Waals surface area contributed by atoms with Gasteiger partial charge in [-0.05, 0) is 6.92 Å². The predicted octanol–water partition coefficient (Wildman–Crippen LogP) is -1.39. The Morgan fingerprint density at radius 1 is 1.55 bits per heavy atom. The second-order valence-electron chi connectivity index (χ2n) is 4.27. The maximum atomic E-state index is 12.0. The summed E-state index contributed by atoms with van der Waals surface area (Å²) in [5.41, 5.74) is 5.73. The minimum atomic E-state index is -0.884. The van der Waals surface area contributed by atoms with Crippen LogP contribution in [0, 0.1) is 0 Å². The van der Waals surface area contributed by atoms with Crippen LogP contribution in [0.2, 0.25) is 0 Å². The zero-order valence-electron chi connectivity index (χ0n) is 11.1. The molecule has 20 heavy (non-hydrogen) atoms. The van der Waals surface area contributed by atoms with Crippen LogP contribution >= 0.6 is 0 Å². The Kier molecular flexibility index (Phi) is 5.45. The van der Waals surface area contributed by atoms with Crippen LogP contribution in [0.1, 0.15) is 12.6 Å². The molecule has 0 saturated carbocycles. The molecule has 8 heteroatoms. The van der Waals surface area contributed by atoms with E-state index < -0.39 is 23.9 Å². The molecule has 1 heterocycles. The van der Waals surface area contributed by atoms with Crippen LogP contribution in [-0.4, -0.2) is 40.2 Å². The molecule has 0 aliphatic heterocycles. The Bertz CT molecular complexity index is 497. The summed E-state index contributed by atoms with van der Waals surface area (Å²) >= 11 is 0. The van der Waals surface area contributed by atoms with Gasteiger partial charge >= 0.3 is 0 Å². The van der Waals surface area contributed by atoms with E-state index in [1.54, 1.807) is 0 Å². The molecule has 0 aromatic carbocycles. The molecule has 2 atom stereocenters. The number of nitrogens with two attached hydrogens (primary N) is 1. The molecular formula is C12H17N5O3. The Balaban J connectivity index is 2.77. The van der Waals surface area contributed by atoms with E-state index in [-0.39, 0.29) is 12.1 Å². The fraction of sp³-hybridized carbons (Fsp3) is 0.333. The minimum Gasteiger partial charge on any atom is -0.395 e. The molecule has 0 fully saturated rings. The number of carbonyl (C=O) groups is 3. The topological polar surface area (TPSA) is 130 Å². The van der Waals surface area contributed by atoms with Gasteiger partial charge in [0.2, 0.25) is 5.91 Å². The van der Waals surface area contributed by atoms with Crippen LogP contribution in [-0.2, 0) is 20.8 Å². The quantitative estimate of drug-likeness (QED) is 0.361. The second-order valence-corrected chi connectivity index (χ2v) is 4.27. The third-order valence-corrected chi connectivity index (χ3v) is 2.47. The summed E-state index contributed by atoms with van der Waals surface area (Å²) in [6, 6.07) is -1.53. The number of aromatic nitrogens is 2. The molecule has 8 nitrogen and oxygen atoms in total. The van der Waals surface area contributed by atoms with Gasteiger partial charge in [-0.15, -0.1) is 0 Å². The van der Waals surface area contributed by atoms with Gasteiger partial charge in [0.1, 0.15) is 12.3 Å². The average Bonchev–Trinajstić information content (AvgIpc) is 2.90. The van der Waals surface area contributed by atoms with Crippen molar-refractivity contribution in [2.24, 2.45) is 5.73 Å². The summed E-state index contributed by atoms with van der Waals surface area (Å²) in [6.07, 6.45) is 3.78. The average molecular weight is 279 g/mol. The normalized spacial score (nSPS) is 13.1. The first kappa shape index (κ1) is 15.4. The minimum absolute atomic E-state index is 0.191. The van der Waals surface area contributed by atoms with Gasteiger partial charge in [-0.1, -0.05) is 6.58 Å². The Labute approximate surface area is 115 Å². The SMILES string of the molecule is C=C(N)C(=O)N[C@@H](Cc1cnc[nH]1)C(=O)N[C@@H](C)C=O. The van der Waals surface area contributed by atoms with Gasteiger partial charge < -0.3 is 26.1 Å². The van der Waals surface area contributed by atoms with Crippen molar-refractivity contribution in [3.63, 3.8) is 0 Å². The summed E-state index contributed by atoms with van der Waals surface area (Å²) in [6.45, 7) is 4.83. The first-order chi connectivity index (χ1) is 9.43. The van der Waals surface area contributed by atoms with Crippen molar-refractivity contribution in [2.45, 2.75) is 25.4 Å². The van der Waals surface area contributed by atoms with Crippen LogP contribution in [0.3, 0.4) is 0 Å². The largest absolute Gasteiger partial charge is 0.395 e. The van der Waals surface area contributed by atoms with Gasteiger partial charge in [0.05, 0.1) is 18.1 Å². The van der Waals surface area contributed by atoms with Crippen LogP contribution in [0.15, 0.2) is 24.8 Å². The number of H-pyrrole nitrogens is 1. The van der Waals surface area contributed by atoms with Crippen molar-refractivity contribution in [2.75, 3.05) is 0 Å². The third-order valence-electron chi connectivity index (χ3n) is 2.47. The summed E-state index contributed by atoms with van der Waals surface area (Å²) in [4.78, 5) is 40.8. The van der Waals surface area contributed by atoms with Crippen molar-refractivity contribution < 1.29 is 14.4 Å². The number of amides is 2. The first-order valence-electron chi connectivity index (χ1n) is 5.92. The molecule has 0 bridgehead atoms. The van der Waals surface area contributed by atoms with E-state index in [9.17, 15) is 14.4 Å². The van der Waals surface area contributed by atoms with Crippen molar-refractivity contribution in [3.05, 3.63) is 30.5 Å². The van der Waals surface area contributed by atoms with Gasteiger partial charge in [0.15, 0.2) is 0 Å². The Morgan fingerprint density at radius 2 is 2.25 bits per heavy atom. The maximum absolute atomic E-state index is 12.0. The molecule has 0 spiro atoms. The highest BCUT2D eigenvalue weighted by Crippen LogP contribution is 2.00. The number of aromatic amines is 1. The van der Waals surface area contributed by atoms with E-state index in [1.807, 2.05) is 0 Å². The lowest BCUT2D eigenvalue weighted by molar-refractivity contribution is -0.128. The van der Waals surface area contributed by atoms with E-state index >= 15 is 0 Å². The molecular weight excluding hydrogens is 262 g/mol. The number of hydrogen-bond acceptors (Lipinski definition) is 5. The van der Waals surface area contributed by atoms with Gasteiger partial charge in [-0.2, -0.15) is 0 Å². The number of aldehydes is 1. The van der Waals surface area contributed by atoms with E-state index in [0.29, 0.717) is 12.0 Å². The number of rotatable bonds is 7. The van der Waals surface area contributed by atoms with Gasteiger partial charge in [-0.25, -0.2) is 4.98 Å². The zero-order chi connectivity index (χ0) is 15.1. The van der Waals surface area contributed by atoms with Gasteiger partial charge in [0, 0.05) is 18.3 Å². The molecule has 1 aromatic heterocycles. The van der Waals surface area contributed by atoms with Crippen LogP contribution in [0.4, 0.5) is 0 Å². The van der Waals surface area contributed by atoms with Crippen molar-refractivity contribution in [1.82, 2.24) is 20.6 Å². The number of hydrogen-bond donors (Lipinski definition) is 4. The Morgan fingerprint density at radius 3 is 2.75 bits per heavy atom. The number of nitrogens with one attached hydrogen (secondary N) is 3. The van der Waals surface area contributed by atoms with Crippen LogP contribution < -0.4 is 16.4 Å². The standard InChI is InChI=1S/C12H17N5O3/c1-7(5-18)16-12(20)10(17-11(19)8(2)13)3-9-4-14-6-15-9/h4-7,10H,2-3,13H2,1H3,(H,14,15)(H,16,20)(H,17,19)/t7-,10-/m0/s1. The summed E-state index contributed by atoms with van der Waals surface area (Å²) in [5, 5.41) is 4.90. The van der Waals surface area contributed by atoms with Crippen molar-refractivity contribution >= 4 is 18.1 Å². The predicted molar refractivity (Wildman–Crippen MR) is 71.2 cm³/mol. The van der Waals surface area contributed by atoms with E-state index in [4.69, 9.17) is 5.73 Å². The fourth-order valence-electron chi connectivity index (χ4n) is 1.44. The monoisotopic (exact) mass is 279 g/mol. The zero-order valence-corrected chi connectivity index (χ0v) is 11.1. The maximum Gasteiger partial charge on any atom is 0.267 e. The molecule has 0 aliphatic carbocycles. The second kappa shape index (κ2) is 7.07. The summed E-state index contributed by atoms with van der Waals surface area (Å²) in [7, 11) is 0. The van der Waals surface area contributed by atoms with Gasteiger partial charge in [-0.3, -0.25) is 9.59 Å².